The highest BCUT2D eigenvalue weighted by Gasteiger charge is 2.62. The molecule has 1 aromatic carbocycles. The zero-order valence-corrected chi connectivity index (χ0v) is 24.8. The van der Waals surface area contributed by atoms with Gasteiger partial charge in [0, 0.05) is 26.2 Å². The first-order valence-electron chi connectivity index (χ1n) is 15.5. The average Bonchev–Trinajstić information content (AvgIpc) is 3.26. The summed E-state index contributed by atoms with van der Waals surface area (Å²) in [5, 5.41) is 26.0. The molecule has 4 aliphatic rings. The largest absolute Gasteiger partial charge is 0.393 e. The van der Waals surface area contributed by atoms with Crippen molar-refractivity contribution >= 4 is 17.8 Å². The Balaban J connectivity index is 1.16. The van der Waals surface area contributed by atoms with Gasteiger partial charge in [0.25, 0.3) is 0 Å². The summed E-state index contributed by atoms with van der Waals surface area (Å²) in [6.07, 6.45) is 11.2. The number of carbonyl (C=O) groups excluding carboxylic acids is 1. The number of hydrazone groups is 1. The van der Waals surface area contributed by atoms with E-state index in [2.05, 4.69) is 36.2 Å². The smallest absolute Gasteiger partial charge is 0.240 e. The van der Waals surface area contributed by atoms with Crippen molar-refractivity contribution in [2.24, 2.45) is 51.4 Å². The van der Waals surface area contributed by atoms with Crippen molar-refractivity contribution in [2.75, 3.05) is 19.0 Å². The summed E-state index contributed by atoms with van der Waals surface area (Å²) in [5.74, 6) is 3.04. The summed E-state index contributed by atoms with van der Waals surface area (Å²) in [6, 6.07) is 8.08. The van der Waals surface area contributed by atoms with Crippen LogP contribution in [0.15, 0.2) is 29.4 Å². The van der Waals surface area contributed by atoms with Gasteiger partial charge in [-0.2, -0.15) is 5.10 Å². The molecule has 6 heteroatoms. The van der Waals surface area contributed by atoms with Gasteiger partial charge in [0.2, 0.25) is 5.91 Å². The first-order chi connectivity index (χ1) is 18.5. The van der Waals surface area contributed by atoms with E-state index in [4.69, 9.17) is 0 Å². The molecule has 10 unspecified atom stereocenters. The maximum atomic E-state index is 12.6. The lowest BCUT2D eigenvalue weighted by atomic mass is 9.43. The van der Waals surface area contributed by atoms with E-state index in [-0.39, 0.29) is 28.9 Å². The maximum Gasteiger partial charge on any atom is 0.240 e. The highest BCUT2D eigenvalue weighted by Crippen LogP contribution is 2.68. The number of amides is 1. The van der Waals surface area contributed by atoms with Crippen LogP contribution in [0.5, 0.6) is 0 Å². The molecule has 0 saturated heterocycles. The summed E-state index contributed by atoms with van der Waals surface area (Å²) in [6.45, 7) is 7.31. The normalized spacial score (nSPS) is 40.4. The standard InChI is InChI=1S/C33H51N3O3/c1-21(6-13-30(39)35-34-20-22-7-9-24(10-8-22)36(4)5)26-11-12-27-31-28(15-17-33(26,27)3)32(2)16-14-25(37)18-23(32)19-29(31)38/h7-10,20-21,23,25-29,31,37-38H,6,11-19H2,1-5H3,(H,35,39)/b34-20+. The minimum Gasteiger partial charge on any atom is -0.393 e. The summed E-state index contributed by atoms with van der Waals surface area (Å²) < 4.78 is 0. The number of aliphatic hydroxyl groups is 2. The predicted molar refractivity (Wildman–Crippen MR) is 158 cm³/mol. The van der Waals surface area contributed by atoms with Crippen molar-refractivity contribution in [1.29, 1.82) is 0 Å². The van der Waals surface area contributed by atoms with Crippen LogP contribution in [0, 0.1) is 46.3 Å². The molecule has 4 fully saturated rings. The highest BCUT2D eigenvalue weighted by molar-refractivity contribution is 5.82. The summed E-state index contributed by atoms with van der Waals surface area (Å²) in [5.41, 5.74) is 5.33. The summed E-state index contributed by atoms with van der Waals surface area (Å²) >= 11 is 0. The molecule has 3 N–H and O–H groups in total. The molecule has 216 valence electrons. The molecule has 0 bridgehead atoms. The SMILES string of the molecule is CC(CCC(=O)N/N=C/c1ccc(N(C)C)cc1)C1CCC2C3C(O)CC4CC(O)CCC4(C)C3CCC12C. The minimum atomic E-state index is -0.236. The van der Waals surface area contributed by atoms with Crippen molar-refractivity contribution in [3.63, 3.8) is 0 Å². The Hall–Kier alpha value is -1.92. The summed E-state index contributed by atoms with van der Waals surface area (Å²) in [4.78, 5) is 14.7. The number of aliphatic hydroxyl groups excluding tert-OH is 2. The fourth-order valence-corrected chi connectivity index (χ4v) is 9.83. The Morgan fingerprint density at radius 1 is 1.05 bits per heavy atom. The number of rotatable bonds is 7. The van der Waals surface area contributed by atoms with Crippen LogP contribution in [0.2, 0.25) is 0 Å². The van der Waals surface area contributed by atoms with Crippen molar-refractivity contribution in [2.45, 2.75) is 97.2 Å². The monoisotopic (exact) mass is 537 g/mol. The molecule has 6 nitrogen and oxygen atoms in total. The fraction of sp³-hybridized carbons (Fsp3) is 0.758. The van der Waals surface area contributed by atoms with E-state index in [0.29, 0.717) is 41.9 Å². The average molecular weight is 538 g/mol. The Labute approximate surface area is 235 Å². The van der Waals surface area contributed by atoms with Gasteiger partial charge in [-0.1, -0.05) is 32.9 Å². The molecule has 39 heavy (non-hydrogen) atoms. The van der Waals surface area contributed by atoms with Crippen LogP contribution in [-0.2, 0) is 4.79 Å². The Morgan fingerprint density at radius 3 is 2.46 bits per heavy atom. The van der Waals surface area contributed by atoms with Gasteiger partial charge >= 0.3 is 0 Å². The van der Waals surface area contributed by atoms with Gasteiger partial charge in [-0.25, -0.2) is 5.43 Å². The number of fused-ring (bicyclic) bond motifs is 5. The van der Waals surface area contributed by atoms with E-state index >= 15 is 0 Å². The van der Waals surface area contributed by atoms with E-state index in [1.54, 1.807) is 6.21 Å². The van der Waals surface area contributed by atoms with Crippen LogP contribution in [0.3, 0.4) is 0 Å². The lowest BCUT2D eigenvalue weighted by Crippen LogP contribution is -2.58. The van der Waals surface area contributed by atoms with Crippen molar-refractivity contribution < 1.29 is 15.0 Å². The molecule has 4 aliphatic carbocycles. The Kier molecular flexibility index (Phi) is 8.18. The first kappa shape index (κ1) is 28.6. The summed E-state index contributed by atoms with van der Waals surface area (Å²) in [7, 11) is 4.03. The quantitative estimate of drug-likeness (QED) is 0.312. The Morgan fingerprint density at radius 2 is 1.74 bits per heavy atom. The van der Waals surface area contributed by atoms with Gasteiger partial charge < -0.3 is 15.1 Å². The fourth-order valence-electron chi connectivity index (χ4n) is 9.83. The molecule has 5 rings (SSSR count). The number of anilines is 1. The number of nitrogens with one attached hydrogen (secondary N) is 1. The topological polar surface area (TPSA) is 85.2 Å². The maximum absolute atomic E-state index is 12.6. The van der Waals surface area contributed by atoms with Gasteiger partial charge in [-0.15, -0.1) is 0 Å². The van der Waals surface area contributed by atoms with Gasteiger partial charge in [-0.05, 0) is 122 Å². The van der Waals surface area contributed by atoms with Crippen molar-refractivity contribution in [1.82, 2.24) is 5.43 Å². The van der Waals surface area contributed by atoms with Gasteiger partial charge in [0.1, 0.15) is 0 Å². The van der Waals surface area contributed by atoms with Gasteiger partial charge in [0.05, 0.1) is 18.4 Å². The number of benzene rings is 1. The van der Waals surface area contributed by atoms with Crippen LogP contribution in [0.25, 0.3) is 0 Å². The lowest BCUT2D eigenvalue weighted by Gasteiger charge is -2.62. The highest BCUT2D eigenvalue weighted by atomic mass is 16.3. The molecule has 1 amide bonds. The van der Waals surface area contributed by atoms with Crippen molar-refractivity contribution in [3.05, 3.63) is 29.8 Å². The molecule has 4 saturated carbocycles. The van der Waals surface area contributed by atoms with Crippen LogP contribution in [0.4, 0.5) is 5.69 Å². The predicted octanol–water partition coefficient (Wildman–Crippen LogP) is 5.61. The molecule has 0 heterocycles. The number of hydrogen-bond donors (Lipinski definition) is 3. The third-order valence-corrected chi connectivity index (χ3v) is 12.1. The Bertz CT molecular complexity index is 1040. The zero-order valence-electron chi connectivity index (χ0n) is 24.8. The van der Waals surface area contributed by atoms with E-state index in [0.717, 1.165) is 43.4 Å². The first-order valence-corrected chi connectivity index (χ1v) is 15.5. The second-order valence-electron chi connectivity index (χ2n) is 14.2. The second-order valence-corrected chi connectivity index (χ2v) is 14.2. The number of hydrogen-bond acceptors (Lipinski definition) is 5. The van der Waals surface area contributed by atoms with E-state index in [9.17, 15) is 15.0 Å². The molecule has 0 aromatic heterocycles. The third-order valence-electron chi connectivity index (χ3n) is 12.1. The van der Waals surface area contributed by atoms with E-state index < -0.39 is 0 Å². The van der Waals surface area contributed by atoms with Crippen molar-refractivity contribution in [3.8, 4) is 0 Å². The molecule has 1 aromatic rings. The molecular formula is C33H51N3O3. The van der Waals surface area contributed by atoms with Crippen LogP contribution in [-0.4, -0.2) is 48.6 Å². The van der Waals surface area contributed by atoms with Gasteiger partial charge in [-0.3, -0.25) is 4.79 Å². The zero-order chi connectivity index (χ0) is 27.9. The van der Waals surface area contributed by atoms with E-state index in [1.165, 1.54) is 25.7 Å². The molecule has 0 aliphatic heterocycles. The minimum absolute atomic E-state index is 0.0208. The lowest BCUT2D eigenvalue weighted by molar-refractivity contribution is -0.174. The number of carbonyl (C=O) groups is 1. The van der Waals surface area contributed by atoms with Crippen LogP contribution >= 0.6 is 0 Å². The van der Waals surface area contributed by atoms with Gasteiger partial charge in [0.15, 0.2) is 0 Å². The molecule has 0 radical (unpaired) electrons. The second kappa shape index (κ2) is 11.2. The third kappa shape index (κ3) is 5.40. The van der Waals surface area contributed by atoms with E-state index in [1.807, 2.05) is 38.4 Å². The molecule has 0 spiro atoms. The van der Waals surface area contributed by atoms with Crippen LogP contribution in [0.1, 0.15) is 90.5 Å². The molecular weight excluding hydrogens is 486 g/mol. The molecule has 10 atom stereocenters. The van der Waals surface area contributed by atoms with Crippen LogP contribution < -0.4 is 10.3 Å². The number of nitrogens with zero attached hydrogens (tertiary/aromatic N) is 2.